The third-order valence-corrected chi connectivity index (χ3v) is 3.84. The van der Waals surface area contributed by atoms with Crippen LogP contribution in [-0.4, -0.2) is 19.2 Å². The first-order chi connectivity index (χ1) is 12.7. The lowest BCUT2D eigenvalue weighted by Gasteiger charge is -2.11. The van der Waals surface area contributed by atoms with E-state index in [1.165, 1.54) is 0 Å². The van der Waals surface area contributed by atoms with Gasteiger partial charge in [0, 0.05) is 6.42 Å². The van der Waals surface area contributed by atoms with Crippen molar-refractivity contribution < 1.29 is 14.3 Å². The first-order valence-corrected chi connectivity index (χ1v) is 8.89. The Balaban J connectivity index is 1.90. The molecule has 0 aromatic heterocycles. The monoisotopic (exact) mass is 354 g/mol. The van der Waals surface area contributed by atoms with Gasteiger partial charge in [0.05, 0.1) is 13.3 Å². The average Bonchev–Trinajstić information content (AvgIpc) is 2.68. The molecule has 0 saturated heterocycles. The molecule has 0 bridgehead atoms. The summed E-state index contributed by atoms with van der Waals surface area (Å²) in [5, 5.41) is 4.00. The van der Waals surface area contributed by atoms with Gasteiger partial charge in [0.15, 0.2) is 11.5 Å². The number of unbranched alkanes of at least 4 members (excludes halogenated alkanes) is 2. The molecular weight excluding hydrogens is 328 g/mol. The molecular formula is C21H26N2O3. The Morgan fingerprint density at radius 1 is 1.12 bits per heavy atom. The van der Waals surface area contributed by atoms with Gasteiger partial charge in [-0.15, -0.1) is 0 Å². The third kappa shape index (κ3) is 6.59. The smallest absolute Gasteiger partial charge is 0.240 e. The van der Waals surface area contributed by atoms with Gasteiger partial charge in [0.2, 0.25) is 5.91 Å². The molecule has 2 aromatic carbocycles. The normalized spacial score (nSPS) is 10.7. The summed E-state index contributed by atoms with van der Waals surface area (Å²) in [6.07, 6.45) is 5.13. The van der Waals surface area contributed by atoms with Crippen LogP contribution in [0.25, 0.3) is 0 Å². The Morgan fingerprint density at radius 3 is 2.65 bits per heavy atom. The molecule has 0 radical (unpaired) electrons. The SMILES string of the molecule is CCCCCC(=O)NN=Cc1ccc(OCc2ccccc2)c(OC)c1. The van der Waals surface area contributed by atoms with Crippen LogP contribution >= 0.6 is 0 Å². The van der Waals surface area contributed by atoms with E-state index in [-0.39, 0.29) is 5.91 Å². The van der Waals surface area contributed by atoms with E-state index in [2.05, 4.69) is 17.5 Å². The van der Waals surface area contributed by atoms with Crippen LogP contribution in [0.15, 0.2) is 53.6 Å². The number of hydrogen-bond acceptors (Lipinski definition) is 4. The van der Waals surface area contributed by atoms with E-state index >= 15 is 0 Å². The number of hydrazone groups is 1. The lowest BCUT2D eigenvalue weighted by molar-refractivity contribution is -0.121. The second kappa shape index (κ2) is 10.9. The fraction of sp³-hybridized carbons (Fsp3) is 0.333. The molecule has 138 valence electrons. The predicted octanol–water partition coefficient (Wildman–Crippen LogP) is 4.30. The van der Waals surface area contributed by atoms with Crippen LogP contribution in [0.2, 0.25) is 0 Å². The van der Waals surface area contributed by atoms with Gasteiger partial charge in [0.25, 0.3) is 0 Å². The van der Waals surface area contributed by atoms with Crippen LogP contribution in [0.5, 0.6) is 11.5 Å². The van der Waals surface area contributed by atoms with Gasteiger partial charge in [-0.1, -0.05) is 50.1 Å². The summed E-state index contributed by atoms with van der Waals surface area (Å²) in [5.74, 6) is 1.22. The van der Waals surface area contributed by atoms with E-state index in [1.54, 1.807) is 13.3 Å². The van der Waals surface area contributed by atoms with Crippen LogP contribution < -0.4 is 14.9 Å². The van der Waals surface area contributed by atoms with Crippen LogP contribution in [0.3, 0.4) is 0 Å². The van der Waals surface area contributed by atoms with E-state index in [1.807, 2.05) is 48.5 Å². The van der Waals surface area contributed by atoms with Gasteiger partial charge >= 0.3 is 0 Å². The minimum atomic E-state index is -0.0653. The highest BCUT2D eigenvalue weighted by Gasteiger charge is 2.06. The molecule has 0 fully saturated rings. The zero-order valence-corrected chi connectivity index (χ0v) is 15.4. The minimum absolute atomic E-state index is 0.0653. The van der Waals surface area contributed by atoms with E-state index in [9.17, 15) is 4.79 Å². The maximum atomic E-state index is 11.6. The summed E-state index contributed by atoms with van der Waals surface area (Å²) in [6.45, 7) is 2.58. The second-order valence-electron chi connectivity index (χ2n) is 5.93. The van der Waals surface area contributed by atoms with Crippen molar-refractivity contribution >= 4 is 12.1 Å². The molecule has 26 heavy (non-hydrogen) atoms. The molecule has 2 rings (SSSR count). The maximum absolute atomic E-state index is 11.6. The van der Waals surface area contributed by atoms with Crippen LogP contribution in [0, 0.1) is 0 Å². The van der Waals surface area contributed by atoms with Gasteiger partial charge < -0.3 is 9.47 Å². The number of benzene rings is 2. The molecule has 0 spiro atoms. The number of nitrogens with one attached hydrogen (secondary N) is 1. The molecule has 1 N–H and O–H groups in total. The van der Waals surface area contributed by atoms with Crippen molar-refractivity contribution in [3.8, 4) is 11.5 Å². The number of carbonyl (C=O) groups excluding carboxylic acids is 1. The number of carbonyl (C=O) groups is 1. The highest BCUT2D eigenvalue weighted by Crippen LogP contribution is 2.28. The van der Waals surface area contributed by atoms with Gasteiger partial charge in [0.1, 0.15) is 6.61 Å². The summed E-state index contributed by atoms with van der Waals surface area (Å²) in [6, 6.07) is 15.5. The van der Waals surface area contributed by atoms with Gasteiger partial charge in [-0.3, -0.25) is 4.79 Å². The highest BCUT2D eigenvalue weighted by molar-refractivity contribution is 5.83. The van der Waals surface area contributed by atoms with E-state index in [0.717, 1.165) is 30.4 Å². The number of rotatable bonds is 10. The molecule has 5 nitrogen and oxygen atoms in total. The summed E-state index contributed by atoms with van der Waals surface area (Å²) in [4.78, 5) is 11.6. The molecule has 1 amide bonds. The van der Waals surface area contributed by atoms with Gasteiger partial charge in [-0.25, -0.2) is 5.43 Å². The Morgan fingerprint density at radius 2 is 1.92 bits per heavy atom. The molecule has 0 saturated carbocycles. The van der Waals surface area contributed by atoms with Crippen molar-refractivity contribution in [1.29, 1.82) is 0 Å². The number of nitrogens with zero attached hydrogens (tertiary/aromatic N) is 1. The lowest BCUT2D eigenvalue weighted by Crippen LogP contribution is -2.16. The molecule has 0 aliphatic rings. The summed E-state index contributed by atoms with van der Waals surface area (Å²) >= 11 is 0. The maximum Gasteiger partial charge on any atom is 0.240 e. The summed E-state index contributed by atoms with van der Waals surface area (Å²) < 4.78 is 11.2. The predicted molar refractivity (Wildman–Crippen MR) is 104 cm³/mol. The van der Waals surface area contributed by atoms with Crippen molar-refractivity contribution in [2.24, 2.45) is 5.10 Å². The Hall–Kier alpha value is -2.82. The zero-order chi connectivity index (χ0) is 18.6. The van der Waals surface area contributed by atoms with E-state index in [0.29, 0.717) is 24.5 Å². The highest BCUT2D eigenvalue weighted by atomic mass is 16.5. The molecule has 0 unspecified atom stereocenters. The summed E-state index contributed by atoms with van der Waals surface area (Å²) in [7, 11) is 1.60. The molecule has 0 heterocycles. The number of methoxy groups -OCH3 is 1. The van der Waals surface area contributed by atoms with E-state index < -0.39 is 0 Å². The first kappa shape index (κ1) is 19.5. The molecule has 0 aliphatic heterocycles. The zero-order valence-electron chi connectivity index (χ0n) is 15.4. The number of ether oxygens (including phenoxy) is 2. The fourth-order valence-electron chi connectivity index (χ4n) is 2.39. The minimum Gasteiger partial charge on any atom is -0.493 e. The van der Waals surface area contributed by atoms with Crippen molar-refractivity contribution in [2.45, 2.75) is 39.2 Å². The van der Waals surface area contributed by atoms with Gasteiger partial charge in [-0.2, -0.15) is 5.10 Å². The number of hydrogen-bond donors (Lipinski definition) is 1. The van der Waals surface area contributed by atoms with Crippen LogP contribution in [0.4, 0.5) is 0 Å². The molecule has 2 aromatic rings. The third-order valence-electron chi connectivity index (χ3n) is 3.84. The second-order valence-corrected chi connectivity index (χ2v) is 5.93. The van der Waals surface area contributed by atoms with E-state index in [4.69, 9.17) is 9.47 Å². The van der Waals surface area contributed by atoms with Crippen molar-refractivity contribution in [3.63, 3.8) is 0 Å². The number of amides is 1. The van der Waals surface area contributed by atoms with Crippen molar-refractivity contribution in [1.82, 2.24) is 5.43 Å². The fourth-order valence-corrected chi connectivity index (χ4v) is 2.39. The molecule has 5 heteroatoms. The lowest BCUT2D eigenvalue weighted by atomic mass is 10.2. The quantitative estimate of drug-likeness (QED) is 0.393. The van der Waals surface area contributed by atoms with Crippen LogP contribution in [-0.2, 0) is 11.4 Å². The van der Waals surface area contributed by atoms with Gasteiger partial charge in [-0.05, 0) is 35.7 Å². The Bertz CT molecular complexity index is 714. The topological polar surface area (TPSA) is 59.9 Å². The molecule has 0 atom stereocenters. The average molecular weight is 354 g/mol. The standard InChI is InChI=1S/C21H26N2O3/c1-3-4-6-11-21(24)23-22-15-18-12-13-19(20(14-18)25-2)26-16-17-9-7-5-8-10-17/h5,7-10,12-15H,3-4,6,11,16H2,1-2H3,(H,23,24). The van der Waals surface area contributed by atoms with Crippen LogP contribution in [0.1, 0.15) is 43.7 Å². The first-order valence-electron chi connectivity index (χ1n) is 8.89. The largest absolute Gasteiger partial charge is 0.493 e. The Labute approximate surface area is 155 Å². The van der Waals surface area contributed by atoms with Crippen molar-refractivity contribution in [2.75, 3.05) is 7.11 Å². The van der Waals surface area contributed by atoms with Crippen molar-refractivity contribution in [3.05, 3.63) is 59.7 Å². The molecule has 0 aliphatic carbocycles. The summed E-state index contributed by atoms with van der Waals surface area (Å²) in [5.41, 5.74) is 4.46. The Kier molecular flexibility index (Phi) is 8.19.